The number of hydrogen-bond donors (Lipinski definition) is 1. The lowest BCUT2D eigenvalue weighted by atomic mass is 10.1. The number of rotatable bonds is 1. The number of nitrogens with one attached hydrogen (secondary N) is 1. The largest absolute Gasteiger partial charge is 0.254 e. The van der Waals surface area contributed by atoms with Gasteiger partial charge in [-0.15, -0.1) is 0 Å². The van der Waals surface area contributed by atoms with Gasteiger partial charge in [-0.1, -0.05) is 0 Å². The lowest BCUT2D eigenvalue weighted by molar-refractivity contribution is 0.131. The Morgan fingerprint density at radius 2 is 1.75 bits per heavy atom. The Kier molecular flexibility index (Phi) is 2.44. The second kappa shape index (κ2) is 2.46. The highest BCUT2D eigenvalue weighted by atomic mass is 15.5. The molecule has 0 saturated heterocycles. The zero-order valence-electron chi connectivity index (χ0n) is 6.15. The van der Waals surface area contributed by atoms with E-state index in [2.05, 4.69) is 33.2 Å². The zero-order chi connectivity index (χ0) is 6.78. The first-order chi connectivity index (χ1) is 3.48. The molecular formula is C6H15N2. The smallest absolute Gasteiger partial charge is 0.0266 e. The highest BCUT2D eigenvalue weighted by Crippen LogP contribution is 2.05. The highest BCUT2D eigenvalue weighted by Gasteiger charge is 2.13. The van der Waals surface area contributed by atoms with Crippen LogP contribution in [0.2, 0.25) is 0 Å². The Hall–Kier alpha value is -0.0800. The molecule has 0 fully saturated rings. The van der Waals surface area contributed by atoms with Crippen LogP contribution in [0.3, 0.4) is 0 Å². The molecule has 1 N–H and O–H groups in total. The summed E-state index contributed by atoms with van der Waals surface area (Å²) in [6, 6.07) is 0. The number of hydrogen-bond acceptors (Lipinski definition) is 2. The van der Waals surface area contributed by atoms with Crippen molar-refractivity contribution in [2.45, 2.75) is 26.3 Å². The minimum atomic E-state index is 0.168. The maximum absolute atomic E-state index is 3.53. The van der Waals surface area contributed by atoms with E-state index in [-0.39, 0.29) is 5.54 Å². The van der Waals surface area contributed by atoms with Gasteiger partial charge in [0.25, 0.3) is 0 Å². The van der Waals surface area contributed by atoms with Crippen LogP contribution < -0.4 is 5.43 Å². The average molecular weight is 115 g/mol. The summed E-state index contributed by atoms with van der Waals surface area (Å²) in [7, 11) is 5.49. The quantitative estimate of drug-likeness (QED) is 0.513. The summed E-state index contributed by atoms with van der Waals surface area (Å²) in [5, 5.41) is 1.95. The van der Waals surface area contributed by atoms with Crippen LogP contribution >= 0.6 is 0 Å². The molecule has 0 aliphatic carbocycles. The van der Waals surface area contributed by atoms with E-state index in [1.54, 1.807) is 0 Å². The molecule has 0 aliphatic rings. The Morgan fingerprint density at radius 1 is 1.38 bits per heavy atom. The SMILES string of the molecule is [CH2]NN(C)C(C)(C)C. The van der Waals surface area contributed by atoms with Crippen molar-refractivity contribution in [2.75, 3.05) is 7.05 Å². The summed E-state index contributed by atoms with van der Waals surface area (Å²) in [6.45, 7) is 6.35. The topological polar surface area (TPSA) is 15.3 Å². The van der Waals surface area contributed by atoms with Gasteiger partial charge in [0.2, 0.25) is 0 Å². The highest BCUT2D eigenvalue weighted by molar-refractivity contribution is 4.68. The molecule has 0 spiro atoms. The molecule has 0 atom stereocenters. The van der Waals surface area contributed by atoms with Crippen LogP contribution in [0.1, 0.15) is 20.8 Å². The van der Waals surface area contributed by atoms with Crippen molar-refractivity contribution in [3.8, 4) is 0 Å². The monoisotopic (exact) mass is 115 g/mol. The van der Waals surface area contributed by atoms with Crippen LogP contribution in [0.15, 0.2) is 0 Å². The first-order valence-corrected chi connectivity index (χ1v) is 2.75. The summed E-state index contributed by atoms with van der Waals surface area (Å²) < 4.78 is 0. The first kappa shape index (κ1) is 7.92. The van der Waals surface area contributed by atoms with Gasteiger partial charge in [0.1, 0.15) is 0 Å². The van der Waals surface area contributed by atoms with Crippen molar-refractivity contribution in [1.82, 2.24) is 10.4 Å². The molecule has 2 nitrogen and oxygen atoms in total. The fourth-order valence-corrected chi connectivity index (χ4v) is 0.237. The normalized spacial score (nSPS) is 12.8. The molecule has 0 rings (SSSR count). The molecular weight excluding hydrogens is 100 g/mol. The van der Waals surface area contributed by atoms with E-state index < -0.39 is 0 Å². The lowest BCUT2D eigenvalue weighted by Crippen LogP contribution is -2.44. The van der Waals surface area contributed by atoms with E-state index in [1.165, 1.54) is 0 Å². The van der Waals surface area contributed by atoms with Crippen molar-refractivity contribution >= 4 is 0 Å². The fourth-order valence-electron chi connectivity index (χ4n) is 0.237. The van der Waals surface area contributed by atoms with E-state index in [9.17, 15) is 0 Å². The van der Waals surface area contributed by atoms with Crippen LogP contribution in [-0.2, 0) is 0 Å². The second-order valence-electron chi connectivity index (χ2n) is 2.89. The Labute approximate surface area is 51.8 Å². The molecule has 0 bridgehead atoms. The van der Waals surface area contributed by atoms with Crippen LogP contribution in [0, 0.1) is 7.05 Å². The van der Waals surface area contributed by atoms with Crippen molar-refractivity contribution in [1.29, 1.82) is 0 Å². The maximum atomic E-state index is 3.53. The Bertz CT molecular complexity index is 63.4. The zero-order valence-corrected chi connectivity index (χ0v) is 6.15. The molecule has 1 radical (unpaired) electrons. The van der Waals surface area contributed by atoms with Gasteiger partial charge in [-0.3, -0.25) is 5.43 Å². The van der Waals surface area contributed by atoms with E-state index in [4.69, 9.17) is 0 Å². The summed E-state index contributed by atoms with van der Waals surface area (Å²) in [6.07, 6.45) is 0. The van der Waals surface area contributed by atoms with E-state index in [1.807, 2.05) is 12.1 Å². The molecule has 2 heteroatoms. The fraction of sp³-hybridized carbons (Fsp3) is 0.833. The molecule has 0 saturated carbocycles. The third-order valence-corrected chi connectivity index (χ3v) is 1.24. The number of hydrazine groups is 1. The molecule has 0 aromatic rings. The van der Waals surface area contributed by atoms with Gasteiger partial charge in [-0.05, 0) is 20.8 Å². The molecule has 49 valence electrons. The minimum Gasteiger partial charge on any atom is -0.254 e. The van der Waals surface area contributed by atoms with Gasteiger partial charge in [0, 0.05) is 19.6 Å². The summed E-state index contributed by atoms with van der Waals surface area (Å²) in [4.78, 5) is 0. The van der Waals surface area contributed by atoms with E-state index >= 15 is 0 Å². The Morgan fingerprint density at radius 3 is 1.75 bits per heavy atom. The van der Waals surface area contributed by atoms with Gasteiger partial charge in [0.05, 0.1) is 0 Å². The maximum Gasteiger partial charge on any atom is 0.0266 e. The third-order valence-electron chi connectivity index (χ3n) is 1.24. The summed E-state index contributed by atoms with van der Waals surface area (Å²) >= 11 is 0. The Balaban J connectivity index is 3.62. The predicted molar refractivity (Wildman–Crippen MR) is 36.0 cm³/mol. The molecule has 0 heterocycles. The summed E-state index contributed by atoms with van der Waals surface area (Å²) in [5.41, 5.74) is 2.96. The average Bonchev–Trinajstić information content (AvgIpc) is 1.62. The van der Waals surface area contributed by atoms with Crippen molar-refractivity contribution in [3.05, 3.63) is 7.05 Å². The van der Waals surface area contributed by atoms with Crippen molar-refractivity contribution in [2.24, 2.45) is 0 Å². The van der Waals surface area contributed by atoms with Crippen molar-refractivity contribution < 1.29 is 0 Å². The van der Waals surface area contributed by atoms with Gasteiger partial charge in [0.15, 0.2) is 0 Å². The molecule has 0 unspecified atom stereocenters. The third kappa shape index (κ3) is 2.28. The minimum absolute atomic E-state index is 0.168. The van der Waals surface area contributed by atoms with Crippen LogP contribution in [0.25, 0.3) is 0 Å². The van der Waals surface area contributed by atoms with E-state index in [0.29, 0.717) is 0 Å². The van der Waals surface area contributed by atoms with Gasteiger partial charge < -0.3 is 0 Å². The molecule has 0 aliphatic heterocycles. The second-order valence-corrected chi connectivity index (χ2v) is 2.89. The van der Waals surface area contributed by atoms with Gasteiger partial charge in [-0.25, -0.2) is 5.01 Å². The lowest BCUT2D eigenvalue weighted by Gasteiger charge is -2.30. The van der Waals surface area contributed by atoms with Crippen molar-refractivity contribution in [3.63, 3.8) is 0 Å². The van der Waals surface area contributed by atoms with Crippen LogP contribution in [0.4, 0.5) is 0 Å². The predicted octanol–water partition coefficient (Wildman–Crippen LogP) is 1.01. The van der Waals surface area contributed by atoms with Crippen LogP contribution in [0.5, 0.6) is 0 Å². The molecule has 0 amide bonds. The molecule has 0 aromatic carbocycles. The molecule has 8 heavy (non-hydrogen) atoms. The summed E-state index contributed by atoms with van der Waals surface area (Å²) in [5.74, 6) is 0. The first-order valence-electron chi connectivity index (χ1n) is 2.75. The molecule has 0 aromatic heterocycles. The standard InChI is InChI=1S/C6H15N2/c1-6(2,3)8(5)7-4/h7H,4H2,1-3,5H3. The van der Waals surface area contributed by atoms with Crippen LogP contribution in [-0.4, -0.2) is 17.6 Å². The van der Waals surface area contributed by atoms with Gasteiger partial charge in [-0.2, -0.15) is 0 Å². The van der Waals surface area contributed by atoms with E-state index in [0.717, 1.165) is 0 Å². The number of nitrogens with zero attached hydrogens (tertiary/aromatic N) is 1. The van der Waals surface area contributed by atoms with Gasteiger partial charge >= 0.3 is 0 Å².